The molecule has 152 valence electrons. The second-order valence-corrected chi connectivity index (χ2v) is 8.50. The molecule has 0 spiro atoms. The number of likely N-dealkylation sites (tertiary alicyclic amines) is 1. The number of amides is 2. The van der Waals surface area contributed by atoms with Gasteiger partial charge in [-0.2, -0.15) is 0 Å². The second-order valence-electron chi connectivity index (χ2n) is 8.50. The summed E-state index contributed by atoms with van der Waals surface area (Å²) in [6.07, 6.45) is 6.02. The maximum atomic E-state index is 13.8. The van der Waals surface area contributed by atoms with E-state index in [0.29, 0.717) is 36.3 Å². The van der Waals surface area contributed by atoms with Crippen LogP contribution in [0.5, 0.6) is 0 Å². The number of fused-ring (bicyclic) bond motifs is 2. The molecule has 1 unspecified atom stereocenters. The van der Waals surface area contributed by atoms with E-state index in [9.17, 15) is 14.0 Å². The minimum atomic E-state index is -0.337. The predicted molar refractivity (Wildman–Crippen MR) is 103 cm³/mol. The summed E-state index contributed by atoms with van der Waals surface area (Å²) in [6.45, 7) is 4.63. The van der Waals surface area contributed by atoms with Gasteiger partial charge in [0, 0.05) is 37.7 Å². The highest BCUT2D eigenvalue weighted by molar-refractivity contribution is 5.94. The van der Waals surface area contributed by atoms with Crippen LogP contribution in [0.2, 0.25) is 0 Å². The van der Waals surface area contributed by atoms with Crippen LogP contribution in [-0.2, 0) is 9.53 Å². The van der Waals surface area contributed by atoms with E-state index in [0.717, 1.165) is 38.5 Å². The van der Waals surface area contributed by atoms with Gasteiger partial charge in [-0.3, -0.25) is 9.59 Å². The minimum absolute atomic E-state index is 0.106. The van der Waals surface area contributed by atoms with Gasteiger partial charge >= 0.3 is 0 Å². The maximum absolute atomic E-state index is 13.8. The molecule has 0 aromatic heterocycles. The zero-order valence-electron chi connectivity index (χ0n) is 16.7. The molecule has 1 aromatic rings. The van der Waals surface area contributed by atoms with Gasteiger partial charge in [0.2, 0.25) is 5.91 Å². The summed E-state index contributed by atoms with van der Waals surface area (Å²) < 4.78 is 20.1. The minimum Gasteiger partial charge on any atom is -0.375 e. The van der Waals surface area contributed by atoms with E-state index in [2.05, 4.69) is 4.90 Å². The van der Waals surface area contributed by atoms with Gasteiger partial charge in [0.15, 0.2) is 0 Å². The van der Waals surface area contributed by atoms with Crippen molar-refractivity contribution in [3.8, 4) is 0 Å². The Labute approximate surface area is 165 Å². The number of piperidine rings is 2. The summed E-state index contributed by atoms with van der Waals surface area (Å²) in [4.78, 5) is 28.3. The van der Waals surface area contributed by atoms with Crippen LogP contribution in [0, 0.1) is 12.7 Å². The highest BCUT2D eigenvalue weighted by Crippen LogP contribution is 2.37. The van der Waals surface area contributed by atoms with Crippen LogP contribution in [-0.4, -0.2) is 59.0 Å². The molecule has 2 bridgehead atoms. The molecule has 3 aliphatic heterocycles. The van der Waals surface area contributed by atoms with Crippen molar-refractivity contribution in [3.05, 3.63) is 35.1 Å². The molecule has 0 radical (unpaired) electrons. The quantitative estimate of drug-likeness (QED) is 0.798. The van der Waals surface area contributed by atoms with E-state index in [1.165, 1.54) is 6.07 Å². The number of nitrogens with zero attached hydrogens (tertiary/aromatic N) is 2. The van der Waals surface area contributed by atoms with Gasteiger partial charge in [0.25, 0.3) is 5.91 Å². The number of halogens is 1. The molecular weight excluding hydrogens is 359 g/mol. The number of hydrogen-bond donors (Lipinski definition) is 0. The standard InChI is InChI=1S/C22H29FN2O3/c1-14-3-4-16(11-21(14)23)22(27)24-9-7-19(8-10-24)28-20-12-17-5-6-18(13-20)25(17)15(2)26/h3-4,11,17-20H,5-10,12-13H2,1-2H3/t17-,18+,20?. The van der Waals surface area contributed by atoms with Gasteiger partial charge in [-0.15, -0.1) is 0 Å². The average Bonchev–Trinajstić information content (AvgIpc) is 2.95. The fourth-order valence-corrected chi connectivity index (χ4v) is 5.13. The van der Waals surface area contributed by atoms with Gasteiger partial charge in [0.05, 0.1) is 12.2 Å². The second kappa shape index (κ2) is 7.82. The summed E-state index contributed by atoms with van der Waals surface area (Å²) >= 11 is 0. The summed E-state index contributed by atoms with van der Waals surface area (Å²) in [5.41, 5.74) is 0.962. The molecule has 3 aliphatic rings. The van der Waals surface area contributed by atoms with Gasteiger partial charge in [-0.25, -0.2) is 4.39 Å². The normalized spacial score (nSPS) is 27.9. The Morgan fingerprint density at radius 3 is 2.25 bits per heavy atom. The van der Waals surface area contributed by atoms with Gasteiger partial charge in [-0.1, -0.05) is 6.07 Å². The zero-order valence-corrected chi connectivity index (χ0v) is 16.7. The first kappa shape index (κ1) is 19.4. The van der Waals surface area contributed by atoms with Crippen molar-refractivity contribution in [1.29, 1.82) is 0 Å². The first-order valence-corrected chi connectivity index (χ1v) is 10.4. The lowest BCUT2D eigenvalue weighted by Crippen LogP contribution is -2.49. The first-order chi connectivity index (χ1) is 13.4. The Morgan fingerprint density at radius 2 is 1.68 bits per heavy atom. The first-order valence-electron chi connectivity index (χ1n) is 10.4. The lowest BCUT2D eigenvalue weighted by atomic mass is 9.98. The summed E-state index contributed by atoms with van der Waals surface area (Å²) in [5.74, 6) is -0.258. The number of hydrogen-bond acceptors (Lipinski definition) is 3. The maximum Gasteiger partial charge on any atom is 0.253 e. The summed E-state index contributed by atoms with van der Waals surface area (Å²) in [7, 11) is 0. The highest BCUT2D eigenvalue weighted by Gasteiger charge is 2.43. The van der Waals surface area contributed by atoms with Crippen molar-refractivity contribution in [1.82, 2.24) is 9.80 Å². The van der Waals surface area contributed by atoms with Gasteiger partial charge in [-0.05, 0) is 63.1 Å². The van der Waals surface area contributed by atoms with E-state index >= 15 is 0 Å². The largest absolute Gasteiger partial charge is 0.375 e. The van der Waals surface area contributed by atoms with Gasteiger partial charge in [0.1, 0.15) is 5.82 Å². The Bertz CT molecular complexity index is 746. The molecule has 3 atom stereocenters. The highest BCUT2D eigenvalue weighted by atomic mass is 19.1. The van der Waals surface area contributed by atoms with Crippen LogP contribution in [0.3, 0.4) is 0 Å². The van der Waals surface area contributed by atoms with Gasteiger partial charge < -0.3 is 14.5 Å². The molecule has 4 rings (SSSR count). The van der Waals surface area contributed by atoms with Crippen LogP contribution in [0.4, 0.5) is 4.39 Å². The Kier molecular flexibility index (Phi) is 5.41. The third-order valence-corrected chi connectivity index (χ3v) is 6.59. The lowest BCUT2D eigenvalue weighted by molar-refractivity contribution is -0.138. The van der Waals surface area contributed by atoms with E-state index in [4.69, 9.17) is 4.74 Å². The van der Waals surface area contributed by atoms with E-state index < -0.39 is 0 Å². The molecule has 6 heteroatoms. The molecule has 1 aromatic carbocycles. The Hall–Kier alpha value is -1.95. The Morgan fingerprint density at radius 1 is 1.04 bits per heavy atom. The molecule has 0 aliphatic carbocycles. The molecule has 3 saturated heterocycles. The van der Waals surface area contributed by atoms with Crippen LogP contribution in [0.15, 0.2) is 18.2 Å². The lowest BCUT2D eigenvalue weighted by Gasteiger charge is -2.41. The molecule has 3 fully saturated rings. The zero-order chi connectivity index (χ0) is 19.8. The molecule has 0 saturated carbocycles. The number of benzene rings is 1. The molecule has 0 N–H and O–H groups in total. The van der Waals surface area contributed by atoms with Crippen molar-refractivity contribution in [2.24, 2.45) is 0 Å². The smallest absolute Gasteiger partial charge is 0.253 e. The van der Waals surface area contributed by atoms with Crippen molar-refractivity contribution in [2.45, 2.75) is 76.7 Å². The van der Waals surface area contributed by atoms with E-state index in [-0.39, 0.29) is 29.8 Å². The Balaban J connectivity index is 1.28. The number of carbonyl (C=O) groups excluding carboxylic acids is 2. The van der Waals surface area contributed by atoms with Crippen molar-refractivity contribution >= 4 is 11.8 Å². The molecule has 5 nitrogen and oxygen atoms in total. The third-order valence-electron chi connectivity index (χ3n) is 6.59. The summed E-state index contributed by atoms with van der Waals surface area (Å²) in [6, 6.07) is 5.35. The van der Waals surface area contributed by atoms with Crippen LogP contribution >= 0.6 is 0 Å². The van der Waals surface area contributed by atoms with Crippen LogP contribution in [0.25, 0.3) is 0 Å². The SMILES string of the molecule is CC(=O)N1[C@@H]2CC[C@H]1CC(OC1CCN(C(=O)c3ccc(C)c(F)c3)CC1)C2. The number of aryl methyl sites for hydroxylation is 1. The van der Waals surface area contributed by atoms with Crippen molar-refractivity contribution in [2.75, 3.05) is 13.1 Å². The van der Waals surface area contributed by atoms with E-state index in [1.54, 1.807) is 30.9 Å². The fraction of sp³-hybridized carbons (Fsp3) is 0.636. The molecule has 28 heavy (non-hydrogen) atoms. The van der Waals surface area contributed by atoms with Crippen LogP contribution < -0.4 is 0 Å². The number of ether oxygens (including phenoxy) is 1. The van der Waals surface area contributed by atoms with Crippen LogP contribution in [0.1, 0.15) is 61.4 Å². The average molecular weight is 388 g/mol. The fourth-order valence-electron chi connectivity index (χ4n) is 5.13. The molecule has 3 heterocycles. The third kappa shape index (κ3) is 3.79. The topological polar surface area (TPSA) is 49.9 Å². The molecular formula is C22H29FN2O3. The monoisotopic (exact) mass is 388 g/mol. The number of carbonyl (C=O) groups is 2. The van der Waals surface area contributed by atoms with Crippen molar-refractivity contribution in [3.63, 3.8) is 0 Å². The van der Waals surface area contributed by atoms with E-state index in [1.807, 2.05) is 0 Å². The number of rotatable bonds is 3. The van der Waals surface area contributed by atoms with Crippen molar-refractivity contribution < 1.29 is 18.7 Å². The predicted octanol–water partition coefficient (Wildman–Crippen LogP) is 3.30. The summed E-state index contributed by atoms with van der Waals surface area (Å²) in [5, 5.41) is 0. The molecule has 2 amide bonds.